The molecule has 0 aromatic heterocycles. The van der Waals surface area contributed by atoms with Crippen LogP contribution in [0.3, 0.4) is 0 Å². The van der Waals surface area contributed by atoms with Gasteiger partial charge in [-0.05, 0) is 33.4 Å². The molecule has 0 fully saturated rings. The number of hydrogen-bond donors (Lipinski definition) is 3. The lowest BCUT2D eigenvalue weighted by molar-refractivity contribution is -0.123. The standard InChI is InChI=1S/C12H23N3O3/c1-13-10(8-16)5-3-4-6-15-12(18)7-11(9-17)14-2/h8-11,13-14H,3-7H2,1-2H3,(H,15,18)/t10-,11-/m0/s1. The largest absolute Gasteiger partial charge is 0.356 e. The predicted molar refractivity (Wildman–Crippen MR) is 69.3 cm³/mol. The SMILES string of the molecule is CN[C@H](C=O)CCCCNC(=O)C[C@@H](C=O)NC. The molecule has 0 saturated carbocycles. The summed E-state index contributed by atoms with van der Waals surface area (Å²) >= 11 is 0. The van der Waals surface area contributed by atoms with Crippen LogP contribution in [0.2, 0.25) is 0 Å². The molecular formula is C12H23N3O3. The van der Waals surface area contributed by atoms with Gasteiger partial charge in [-0.2, -0.15) is 0 Å². The minimum absolute atomic E-state index is 0.107. The Hall–Kier alpha value is -1.27. The smallest absolute Gasteiger partial charge is 0.222 e. The lowest BCUT2D eigenvalue weighted by atomic mass is 10.1. The summed E-state index contributed by atoms with van der Waals surface area (Å²) in [5.41, 5.74) is 0. The van der Waals surface area contributed by atoms with Crippen LogP contribution in [0.5, 0.6) is 0 Å². The summed E-state index contributed by atoms with van der Waals surface area (Å²) in [5.74, 6) is -0.137. The topological polar surface area (TPSA) is 87.3 Å². The van der Waals surface area contributed by atoms with Crippen molar-refractivity contribution in [2.45, 2.75) is 37.8 Å². The van der Waals surface area contributed by atoms with Crippen molar-refractivity contribution in [1.29, 1.82) is 0 Å². The van der Waals surface area contributed by atoms with Crippen molar-refractivity contribution in [2.75, 3.05) is 20.6 Å². The van der Waals surface area contributed by atoms with Crippen molar-refractivity contribution in [3.8, 4) is 0 Å². The van der Waals surface area contributed by atoms with Crippen LogP contribution in [0, 0.1) is 0 Å². The fourth-order valence-electron chi connectivity index (χ4n) is 1.49. The van der Waals surface area contributed by atoms with Crippen LogP contribution in [0.4, 0.5) is 0 Å². The number of rotatable bonds is 11. The number of likely N-dealkylation sites (N-methyl/N-ethyl adjacent to an activating group) is 2. The predicted octanol–water partition coefficient (Wildman–Crippen LogP) is -0.763. The third-order valence-electron chi connectivity index (χ3n) is 2.74. The van der Waals surface area contributed by atoms with E-state index in [-0.39, 0.29) is 18.4 Å². The van der Waals surface area contributed by atoms with Crippen molar-refractivity contribution in [2.24, 2.45) is 0 Å². The van der Waals surface area contributed by atoms with E-state index in [1.807, 2.05) is 0 Å². The van der Waals surface area contributed by atoms with Crippen molar-refractivity contribution in [1.82, 2.24) is 16.0 Å². The fraction of sp³-hybridized carbons (Fsp3) is 0.750. The second kappa shape index (κ2) is 10.9. The van der Waals surface area contributed by atoms with Gasteiger partial charge in [0.25, 0.3) is 0 Å². The zero-order chi connectivity index (χ0) is 13.8. The second-order valence-electron chi connectivity index (χ2n) is 4.11. The first-order chi connectivity index (χ1) is 8.67. The molecule has 0 bridgehead atoms. The van der Waals surface area contributed by atoms with Crippen LogP contribution in [0.15, 0.2) is 0 Å². The van der Waals surface area contributed by atoms with Crippen LogP contribution < -0.4 is 16.0 Å². The number of nitrogens with one attached hydrogen (secondary N) is 3. The van der Waals surface area contributed by atoms with Crippen molar-refractivity contribution in [3.63, 3.8) is 0 Å². The molecule has 104 valence electrons. The zero-order valence-corrected chi connectivity index (χ0v) is 11.1. The van der Waals surface area contributed by atoms with Crippen LogP contribution in [-0.4, -0.2) is 51.2 Å². The first kappa shape index (κ1) is 16.7. The van der Waals surface area contributed by atoms with E-state index in [0.29, 0.717) is 6.54 Å². The van der Waals surface area contributed by atoms with Gasteiger partial charge in [-0.25, -0.2) is 0 Å². The van der Waals surface area contributed by atoms with E-state index in [4.69, 9.17) is 0 Å². The molecule has 0 aromatic rings. The first-order valence-corrected chi connectivity index (χ1v) is 6.19. The minimum Gasteiger partial charge on any atom is -0.356 e. The van der Waals surface area contributed by atoms with Gasteiger partial charge in [0.1, 0.15) is 12.6 Å². The summed E-state index contributed by atoms with van der Waals surface area (Å²) < 4.78 is 0. The monoisotopic (exact) mass is 257 g/mol. The van der Waals surface area contributed by atoms with Crippen molar-refractivity contribution >= 4 is 18.5 Å². The molecule has 6 nitrogen and oxygen atoms in total. The Morgan fingerprint density at radius 2 is 1.67 bits per heavy atom. The number of aldehydes is 2. The van der Waals surface area contributed by atoms with E-state index >= 15 is 0 Å². The average molecular weight is 257 g/mol. The quantitative estimate of drug-likeness (QED) is 0.334. The maximum Gasteiger partial charge on any atom is 0.222 e. The van der Waals surface area contributed by atoms with Gasteiger partial charge in [0.2, 0.25) is 5.91 Å². The van der Waals surface area contributed by atoms with Crippen LogP contribution in [-0.2, 0) is 14.4 Å². The molecule has 3 N–H and O–H groups in total. The molecule has 0 aliphatic carbocycles. The van der Waals surface area contributed by atoms with E-state index < -0.39 is 6.04 Å². The molecule has 0 heterocycles. The number of hydrogen-bond acceptors (Lipinski definition) is 5. The summed E-state index contributed by atoms with van der Waals surface area (Å²) in [6.07, 6.45) is 4.23. The zero-order valence-electron chi connectivity index (χ0n) is 11.1. The van der Waals surface area contributed by atoms with Gasteiger partial charge in [0.05, 0.1) is 12.1 Å². The van der Waals surface area contributed by atoms with Gasteiger partial charge >= 0.3 is 0 Å². The van der Waals surface area contributed by atoms with E-state index in [1.165, 1.54) is 0 Å². The van der Waals surface area contributed by atoms with Crippen LogP contribution in [0.25, 0.3) is 0 Å². The molecule has 0 aromatic carbocycles. The van der Waals surface area contributed by atoms with Gasteiger partial charge in [-0.15, -0.1) is 0 Å². The highest BCUT2D eigenvalue weighted by Crippen LogP contribution is 1.98. The molecule has 6 heteroatoms. The Kier molecular flexibility index (Phi) is 10.1. The van der Waals surface area contributed by atoms with Gasteiger partial charge in [-0.1, -0.05) is 0 Å². The third kappa shape index (κ3) is 7.92. The maximum atomic E-state index is 11.4. The number of carbonyl (C=O) groups is 3. The van der Waals surface area contributed by atoms with Crippen LogP contribution >= 0.6 is 0 Å². The number of carbonyl (C=O) groups excluding carboxylic acids is 3. The molecule has 0 saturated heterocycles. The van der Waals surface area contributed by atoms with Crippen LogP contribution in [0.1, 0.15) is 25.7 Å². The molecule has 0 unspecified atom stereocenters. The number of amides is 1. The second-order valence-corrected chi connectivity index (χ2v) is 4.11. The highest BCUT2D eigenvalue weighted by atomic mass is 16.2. The molecule has 0 radical (unpaired) electrons. The molecule has 1 amide bonds. The maximum absolute atomic E-state index is 11.4. The molecule has 0 spiro atoms. The Morgan fingerprint density at radius 1 is 1.06 bits per heavy atom. The van der Waals surface area contributed by atoms with Gasteiger partial charge < -0.3 is 25.5 Å². The Balaban J connectivity index is 3.56. The summed E-state index contributed by atoms with van der Waals surface area (Å²) in [6.45, 7) is 0.573. The molecular weight excluding hydrogens is 234 g/mol. The normalized spacial score (nSPS) is 13.7. The van der Waals surface area contributed by atoms with Crippen molar-refractivity contribution < 1.29 is 14.4 Å². The third-order valence-corrected chi connectivity index (χ3v) is 2.74. The average Bonchev–Trinajstić information content (AvgIpc) is 2.40. The summed E-state index contributed by atoms with van der Waals surface area (Å²) in [6, 6.07) is -0.529. The summed E-state index contributed by atoms with van der Waals surface area (Å²) in [4.78, 5) is 32.4. The summed E-state index contributed by atoms with van der Waals surface area (Å²) in [7, 11) is 3.39. The fourth-order valence-corrected chi connectivity index (χ4v) is 1.49. The van der Waals surface area contributed by atoms with Gasteiger partial charge in [0.15, 0.2) is 0 Å². The molecule has 0 rings (SSSR count). The first-order valence-electron chi connectivity index (χ1n) is 6.19. The Labute approximate surface area is 108 Å². The molecule has 18 heavy (non-hydrogen) atoms. The van der Waals surface area contributed by atoms with E-state index in [9.17, 15) is 14.4 Å². The molecule has 0 aliphatic heterocycles. The lowest BCUT2D eigenvalue weighted by Gasteiger charge is -2.10. The van der Waals surface area contributed by atoms with Gasteiger partial charge in [0, 0.05) is 13.0 Å². The minimum atomic E-state index is -0.422. The Bertz CT molecular complexity index is 259. The molecule has 2 atom stereocenters. The highest BCUT2D eigenvalue weighted by Gasteiger charge is 2.10. The highest BCUT2D eigenvalue weighted by molar-refractivity contribution is 5.80. The van der Waals surface area contributed by atoms with Crippen molar-refractivity contribution in [3.05, 3.63) is 0 Å². The van der Waals surface area contributed by atoms with E-state index in [2.05, 4.69) is 16.0 Å². The lowest BCUT2D eigenvalue weighted by Crippen LogP contribution is -2.35. The van der Waals surface area contributed by atoms with E-state index in [1.54, 1.807) is 14.1 Å². The van der Waals surface area contributed by atoms with E-state index in [0.717, 1.165) is 31.8 Å². The summed E-state index contributed by atoms with van der Waals surface area (Å²) in [5, 5.41) is 8.37. The molecule has 0 aliphatic rings. The number of unbranched alkanes of at least 4 members (excludes halogenated alkanes) is 1. The van der Waals surface area contributed by atoms with Gasteiger partial charge in [-0.3, -0.25) is 4.79 Å². The Morgan fingerprint density at radius 3 is 2.17 bits per heavy atom.